The first kappa shape index (κ1) is 8.48. The molecule has 1 aliphatic rings. The number of carbonyl (C=O) groups excluding carboxylic acids is 1. The van der Waals surface area contributed by atoms with Crippen molar-refractivity contribution < 1.29 is 13.2 Å². The molecule has 0 aromatic heterocycles. The average molecular weight is 178 g/mol. The third-order valence-electron chi connectivity index (χ3n) is 1.54. The molecule has 1 amide bonds. The molecule has 0 aromatic rings. The van der Waals surface area contributed by atoms with E-state index in [1.807, 2.05) is 0 Å². The molecule has 0 unspecified atom stereocenters. The highest BCUT2D eigenvalue weighted by Crippen LogP contribution is 2.23. The van der Waals surface area contributed by atoms with Gasteiger partial charge in [-0.1, -0.05) is 0 Å². The number of nitrogens with two attached hydrogens (primary N) is 2. The molecule has 0 spiro atoms. The number of carbonyl (C=O) groups is 1. The lowest BCUT2D eigenvalue weighted by atomic mass is 10.0. The van der Waals surface area contributed by atoms with Gasteiger partial charge in [-0.3, -0.25) is 4.79 Å². The molecule has 0 atom stereocenters. The van der Waals surface area contributed by atoms with Crippen molar-refractivity contribution in [2.45, 2.75) is 12.0 Å². The van der Waals surface area contributed by atoms with Gasteiger partial charge in [-0.05, 0) is 0 Å². The molecule has 4 N–H and O–H groups in total. The van der Waals surface area contributed by atoms with Crippen LogP contribution in [-0.4, -0.2) is 31.4 Å². The monoisotopic (exact) mass is 178 g/mol. The number of sulfone groups is 1. The average Bonchev–Trinajstić information content (AvgIpc) is 1.52. The van der Waals surface area contributed by atoms with Crippen LogP contribution < -0.4 is 11.5 Å². The van der Waals surface area contributed by atoms with Gasteiger partial charge in [-0.15, -0.1) is 0 Å². The van der Waals surface area contributed by atoms with Gasteiger partial charge < -0.3 is 11.5 Å². The molecule has 0 saturated carbocycles. The molecule has 0 aliphatic carbocycles. The molecule has 64 valence electrons. The highest BCUT2D eigenvalue weighted by Gasteiger charge is 2.46. The Morgan fingerprint density at radius 3 is 2.18 bits per heavy atom. The third kappa shape index (κ3) is 1.90. The molecule has 6 heteroatoms. The normalized spacial score (nSPS) is 25.5. The summed E-state index contributed by atoms with van der Waals surface area (Å²) in [6.07, 6.45) is -0.0494. The Labute approximate surface area is 64.7 Å². The topological polar surface area (TPSA) is 103 Å². The second-order valence-corrected chi connectivity index (χ2v) is 5.10. The van der Waals surface area contributed by atoms with E-state index in [4.69, 9.17) is 11.5 Å². The molecule has 1 saturated heterocycles. The molecule has 0 radical (unpaired) electrons. The summed E-state index contributed by atoms with van der Waals surface area (Å²) in [5, 5.41) is 0. The fraction of sp³-hybridized carbons (Fsp3) is 0.800. The first-order chi connectivity index (χ1) is 4.83. The molecule has 1 fully saturated rings. The second kappa shape index (κ2) is 2.18. The predicted octanol–water partition coefficient (Wildman–Crippen LogP) is -2.01. The van der Waals surface area contributed by atoms with Gasteiger partial charge in [0.05, 0.1) is 17.0 Å². The van der Waals surface area contributed by atoms with Crippen LogP contribution in [0.1, 0.15) is 6.42 Å². The van der Waals surface area contributed by atoms with Gasteiger partial charge in [-0.2, -0.15) is 0 Å². The predicted molar refractivity (Wildman–Crippen MR) is 39.4 cm³/mol. The highest BCUT2D eigenvalue weighted by atomic mass is 32.2. The Morgan fingerprint density at radius 1 is 1.45 bits per heavy atom. The molecule has 1 rings (SSSR count). The quantitative estimate of drug-likeness (QED) is 0.509. The minimum atomic E-state index is -2.97. The van der Waals surface area contributed by atoms with Crippen molar-refractivity contribution in [3.05, 3.63) is 0 Å². The summed E-state index contributed by atoms with van der Waals surface area (Å²) in [7, 11) is -2.97. The van der Waals surface area contributed by atoms with Crippen LogP contribution in [-0.2, 0) is 14.6 Å². The van der Waals surface area contributed by atoms with E-state index < -0.39 is 21.3 Å². The second-order valence-electron chi connectivity index (χ2n) is 3.04. The van der Waals surface area contributed by atoms with Crippen LogP contribution in [0.3, 0.4) is 0 Å². The first-order valence-electron chi connectivity index (χ1n) is 3.11. The lowest BCUT2D eigenvalue weighted by Crippen LogP contribution is -2.62. The van der Waals surface area contributed by atoms with E-state index in [-0.39, 0.29) is 17.9 Å². The van der Waals surface area contributed by atoms with Gasteiger partial charge in [0, 0.05) is 6.42 Å². The maximum atomic E-state index is 10.7. The van der Waals surface area contributed by atoms with Crippen molar-refractivity contribution in [1.82, 2.24) is 0 Å². The highest BCUT2D eigenvalue weighted by molar-refractivity contribution is 7.93. The largest absolute Gasteiger partial charge is 0.370 e. The molecule has 11 heavy (non-hydrogen) atoms. The van der Waals surface area contributed by atoms with Gasteiger partial charge >= 0.3 is 0 Å². The van der Waals surface area contributed by atoms with E-state index in [0.29, 0.717) is 0 Å². The fourth-order valence-corrected chi connectivity index (χ4v) is 3.15. The minimum absolute atomic E-state index is 0.0494. The first-order valence-corrected chi connectivity index (χ1v) is 4.93. The van der Waals surface area contributed by atoms with E-state index >= 15 is 0 Å². The van der Waals surface area contributed by atoms with Crippen molar-refractivity contribution in [2.75, 3.05) is 11.5 Å². The maximum absolute atomic E-state index is 10.7. The summed E-state index contributed by atoms with van der Waals surface area (Å²) in [5.41, 5.74) is 9.48. The Bertz CT molecular complexity index is 270. The number of hydrogen-bond donors (Lipinski definition) is 2. The summed E-state index contributed by atoms with van der Waals surface area (Å²) in [5.74, 6) is -0.797. The van der Waals surface area contributed by atoms with E-state index in [2.05, 4.69) is 0 Å². The van der Waals surface area contributed by atoms with Crippen molar-refractivity contribution in [1.29, 1.82) is 0 Å². The SMILES string of the molecule is NC(=O)CC1(N)CS(=O)(=O)C1. The van der Waals surface area contributed by atoms with Crippen LogP contribution in [0.4, 0.5) is 0 Å². The standard InChI is InChI=1S/C5H10N2O3S/c6-4(8)1-5(7)2-11(9,10)3-5/h1-3,7H2,(H2,6,8). The summed E-state index contributed by atoms with van der Waals surface area (Å²) >= 11 is 0. The summed E-state index contributed by atoms with van der Waals surface area (Å²) in [6, 6.07) is 0. The summed E-state index contributed by atoms with van der Waals surface area (Å²) < 4.78 is 21.3. The van der Waals surface area contributed by atoms with Gasteiger partial charge in [0.25, 0.3) is 0 Å². The van der Waals surface area contributed by atoms with E-state index in [1.165, 1.54) is 0 Å². The van der Waals surface area contributed by atoms with Crippen LogP contribution in [0, 0.1) is 0 Å². The number of primary amides is 1. The Morgan fingerprint density at radius 2 is 1.91 bits per heavy atom. The Hall–Kier alpha value is -0.620. The van der Waals surface area contributed by atoms with Crippen molar-refractivity contribution >= 4 is 15.7 Å². The molecular weight excluding hydrogens is 168 g/mol. The zero-order valence-electron chi connectivity index (χ0n) is 5.91. The van der Waals surface area contributed by atoms with Crippen LogP contribution in [0.5, 0.6) is 0 Å². The zero-order valence-corrected chi connectivity index (χ0v) is 6.73. The third-order valence-corrected chi connectivity index (χ3v) is 3.57. The molecule has 5 nitrogen and oxygen atoms in total. The number of rotatable bonds is 2. The number of amides is 1. The maximum Gasteiger partial charge on any atom is 0.219 e. The van der Waals surface area contributed by atoms with Crippen molar-refractivity contribution in [2.24, 2.45) is 11.5 Å². The lowest BCUT2D eigenvalue weighted by Gasteiger charge is -2.36. The number of hydrogen-bond acceptors (Lipinski definition) is 4. The fourth-order valence-electron chi connectivity index (χ4n) is 1.28. The zero-order chi connectivity index (χ0) is 8.70. The van der Waals surface area contributed by atoms with Gasteiger partial charge in [0.1, 0.15) is 0 Å². The van der Waals surface area contributed by atoms with E-state index in [9.17, 15) is 13.2 Å². The van der Waals surface area contributed by atoms with Crippen LogP contribution in [0.25, 0.3) is 0 Å². The smallest absolute Gasteiger partial charge is 0.219 e. The van der Waals surface area contributed by atoms with Gasteiger partial charge in [-0.25, -0.2) is 8.42 Å². The van der Waals surface area contributed by atoms with Crippen molar-refractivity contribution in [3.8, 4) is 0 Å². The van der Waals surface area contributed by atoms with Crippen LogP contribution in [0.2, 0.25) is 0 Å². The van der Waals surface area contributed by atoms with Crippen LogP contribution >= 0.6 is 0 Å². The molecule has 1 heterocycles. The molecule has 1 aliphatic heterocycles. The van der Waals surface area contributed by atoms with Gasteiger partial charge in [0.15, 0.2) is 9.84 Å². The van der Waals surface area contributed by atoms with Gasteiger partial charge in [0.2, 0.25) is 5.91 Å². The Kier molecular flexibility index (Phi) is 1.68. The summed E-state index contributed by atoms with van der Waals surface area (Å²) in [6.45, 7) is 0. The lowest BCUT2D eigenvalue weighted by molar-refractivity contribution is -0.118. The van der Waals surface area contributed by atoms with Crippen LogP contribution in [0.15, 0.2) is 0 Å². The molecule has 0 aromatic carbocycles. The molecular formula is C5H10N2O3S. The Balaban J connectivity index is 2.56. The summed E-state index contributed by atoms with van der Waals surface area (Å²) in [4.78, 5) is 10.4. The van der Waals surface area contributed by atoms with E-state index in [0.717, 1.165) is 0 Å². The minimum Gasteiger partial charge on any atom is -0.370 e. The van der Waals surface area contributed by atoms with E-state index in [1.54, 1.807) is 0 Å². The van der Waals surface area contributed by atoms with Crippen molar-refractivity contribution in [3.63, 3.8) is 0 Å². The molecule has 0 bridgehead atoms.